The zero-order valence-corrected chi connectivity index (χ0v) is 17.4. The van der Waals surface area contributed by atoms with Gasteiger partial charge in [0.25, 0.3) is 5.91 Å². The normalized spacial score (nSPS) is 21.9. The van der Waals surface area contributed by atoms with Crippen molar-refractivity contribution in [1.29, 1.82) is 0 Å². The van der Waals surface area contributed by atoms with Gasteiger partial charge in [-0.1, -0.05) is 30.0 Å². The van der Waals surface area contributed by atoms with Gasteiger partial charge in [0, 0.05) is 23.0 Å². The molecule has 0 saturated carbocycles. The summed E-state index contributed by atoms with van der Waals surface area (Å²) in [7, 11) is -1.36. The molecule has 9 heteroatoms. The lowest BCUT2D eigenvalue weighted by Gasteiger charge is -2.10. The average Bonchev–Trinajstić information content (AvgIpc) is 3.19. The van der Waals surface area contributed by atoms with Crippen molar-refractivity contribution in [3.63, 3.8) is 0 Å². The number of amidine groups is 1. The number of carbonyl (C=O) groups is 1. The molecule has 2 heterocycles. The minimum atomic E-state index is -2.97. The van der Waals surface area contributed by atoms with Gasteiger partial charge in [0.2, 0.25) is 0 Å². The fourth-order valence-corrected chi connectivity index (χ4v) is 6.98. The summed E-state index contributed by atoms with van der Waals surface area (Å²) in [6, 6.07) is 14.5. The quantitative estimate of drug-likeness (QED) is 0.754. The number of fused-ring (bicyclic) bond motifs is 1. The third kappa shape index (κ3) is 4.73. The molecule has 1 amide bonds. The van der Waals surface area contributed by atoms with Crippen molar-refractivity contribution < 1.29 is 17.9 Å². The molecule has 2 aliphatic rings. The second-order valence-electron chi connectivity index (χ2n) is 6.97. The molecule has 0 radical (unpaired) electrons. The molecule has 29 heavy (non-hydrogen) atoms. The SMILES string of the molecule is COc1ccc(CNC(=O)c2cccc(NC3=N[C@H]4CS(=O)(=O)C[C@@H]4S3)c2)cc1. The van der Waals surface area contributed by atoms with E-state index in [9.17, 15) is 13.2 Å². The van der Waals surface area contributed by atoms with Gasteiger partial charge < -0.3 is 15.4 Å². The Morgan fingerprint density at radius 3 is 2.72 bits per heavy atom. The molecule has 0 spiro atoms. The van der Waals surface area contributed by atoms with E-state index in [0.717, 1.165) is 17.0 Å². The maximum absolute atomic E-state index is 12.5. The maximum atomic E-state index is 12.5. The molecule has 0 aliphatic carbocycles. The summed E-state index contributed by atoms with van der Waals surface area (Å²) in [6.45, 7) is 0.418. The molecular formula is C20H21N3O4S2. The Morgan fingerprint density at radius 1 is 1.21 bits per heavy atom. The smallest absolute Gasteiger partial charge is 0.251 e. The van der Waals surface area contributed by atoms with E-state index < -0.39 is 9.84 Å². The molecule has 2 atom stereocenters. The van der Waals surface area contributed by atoms with E-state index in [1.165, 1.54) is 11.8 Å². The summed E-state index contributed by atoms with van der Waals surface area (Å²) >= 11 is 1.45. The molecule has 0 unspecified atom stereocenters. The van der Waals surface area contributed by atoms with Gasteiger partial charge in [-0.25, -0.2) is 8.42 Å². The summed E-state index contributed by atoms with van der Waals surface area (Å²) < 4.78 is 28.5. The predicted molar refractivity (Wildman–Crippen MR) is 115 cm³/mol. The molecule has 2 aromatic rings. The Labute approximate surface area is 173 Å². The summed E-state index contributed by atoms with van der Waals surface area (Å²) in [5.74, 6) is 0.885. The molecule has 0 aromatic heterocycles. The summed E-state index contributed by atoms with van der Waals surface area (Å²) in [4.78, 5) is 17.0. The number of nitrogens with one attached hydrogen (secondary N) is 2. The van der Waals surface area contributed by atoms with Crippen LogP contribution in [0, 0.1) is 0 Å². The number of amides is 1. The third-order valence-electron chi connectivity index (χ3n) is 4.81. The van der Waals surface area contributed by atoms with E-state index in [1.54, 1.807) is 25.3 Å². The number of aliphatic imine (C=N–C) groups is 1. The monoisotopic (exact) mass is 431 g/mol. The van der Waals surface area contributed by atoms with Crippen LogP contribution in [0.15, 0.2) is 53.5 Å². The lowest BCUT2D eigenvalue weighted by Crippen LogP contribution is -2.23. The van der Waals surface area contributed by atoms with E-state index in [-0.39, 0.29) is 28.7 Å². The molecule has 0 bridgehead atoms. The number of carbonyl (C=O) groups excluding carboxylic acids is 1. The number of anilines is 1. The van der Waals surface area contributed by atoms with Gasteiger partial charge in [-0.15, -0.1) is 0 Å². The zero-order valence-electron chi connectivity index (χ0n) is 15.8. The van der Waals surface area contributed by atoms with Crippen molar-refractivity contribution in [2.24, 2.45) is 4.99 Å². The van der Waals surface area contributed by atoms with Crippen LogP contribution in [0.3, 0.4) is 0 Å². The Kier molecular flexibility index (Phi) is 5.51. The Balaban J connectivity index is 1.36. The second-order valence-corrected chi connectivity index (χ2v) is 10.4. The molecular weight excluding hydrogens is 410 g/mol. The van der Waals surface area contributed by atoms with E-state index in [4.69, 9.17) is 4.74 Å². The van der Waals surface area contributed by atoms with Crippen molar-refractivity contribution in [2.75, 3.05) is 23.9 Å². The minimum absolute atomic E-state index is 0.0153. The number of rotatable bonds is 5. The van der Waals surface area contributed by atoms with Crippen LogP contribution in [-0.2, 0) is 16.4 Å². The van der Waals surface area contributed by atoms with Gasteiger partial charge in [0.05, 0.1) is 24.7 Å². The summed E-state index contributed by atoms with van der Waals surface area (Å²) in [5, 5.41) is 6.79. The Bertz CT molecular complexity index is 1050. The van der Waals surface area contributed by atoms with Gasteiger partial charge in [0.15, 0.2) is 15.0 Å². The lowest BCUT2D eigenvalue weighted by molar-refractivity contribution is 0.0951. The van der Waals surface area contributed by atoms with E-state index in [1.807, 2.05) is 30.3 Å². The fourth-order valence-electron chi connectivity index (χ4n) is 3.31. The number of ether oxygens (including phenoxy) is 1. The van der Waals surface area contributed by atoms with Crippen molar-refractivity contribution in [3.05, 3.63) is 59.7 Å². The average molecular weight is 432 g/mol. The molecule has 1 fully saturated rings. The van der Waals surface area contributed by atoms with Gasteiger partial charge in [-0.05, 0) is 35.9 Å². The van der Waals surface area contributed by atoms with Gasteiger partial charge in [0.1, 0.15) is 5.75 Å². The highest BCUT2D eigenvalue weighted by molar-refractivity contribution is 8.15. The number of thioether (sulfide) groups is 1. The van der Waals surface area contributed by atoms with E-state index in [0.29, 0.717) is 17.3 Å². The summed E-state index contributed by atoms with van der Waals surface area (Å²) in [6.07, 6.45) is 0. The van der Waals surface area contributed by atoms with Crippen molar-refractivity contribution >= 4 is 38.4 Å². The third-order valence-corrected chi connectivity index (χ3v) is 7.95. The first-order chi connectivity index (χ1) is 13.9. The number of nitrogens with zero attached hydrogens (tertiary/aromatic N) is 1. The molecule has 2 aromatic carbocycles. The van der Waals surface area contributed by atoms with Gasteiger partial charge in [-0.2, -0.15) is 0 Å². The minimum Gasteiger partial charge on any atom is -0.497 e. The van der Waals surface area contributed by atoms with Crippen LogP contribution in [0.4, 0.5) is 5.69 Å². The maximum Gasteiger partial charge on any atom is 0.251 e. The van der Waals surface area contributed by atoms with Crippen LogP contribution in [0.25, 0.3) is 0 Å². The Hall–Kier alpha value is -2.52. The molecule has 1 saturated heterocycles. The van der Waals surface area contributed by atoms with Crippen molar-refractivity contribution in [2.45, 2.75) is 17.8 Å². The highest BCUT2D eigenvalue weighted by Crippen LogP contribution is 2.34. The van der Waals surface area contributed by atoms with Crippen LogP contribution in [-0.4, -0.2) is 49.4 Å². The first-order valence-electron chi connectivity index (χ1n) is 9.15. The Morgan fingerprint density at radius 2 is 2.00 bits per heavy atom. The van der Waals surface area contributed by atoms with Gasteiger partial charge in [-0.3, -0.25) is 9.79 Å². The number of sulfone groups is 1. The number of methoxy groups -OCH3 is 1. The van der Waals surface area contributed by atoms with E-state index in [2.05, 4.69) is 15.6 Å². The molecule has 2 N–H and O–H groups in total. The van der Waals surface area contributed by atoms with Crippen LogP contribution in [0.2, 0.25) is 0 Å². The fraction of sp³-hybridized carbons (Fsp3) is 0.300. The predicted octanol–water partition coefficient (Wildman–Crippen LogP) is 2.31. The molecule has 7 nitrogen and oxygen atoms in total. The second kappa shape index (κ2) is 8.08. The molecule has 2 aliphatic heterocycles. The van der Waals surface area contributed by atoms with Crippen molar-refractivity contribution in [1.82, 2.24) is 5.32 Å². The highest BCUT2D eigenvalue weighted by Gasteiger charge is 2.42. The number of benzene rings is 2. The number of hydrogen-bond donors (Lipinski definition) is 2. The van der Waals surface area contributed by atoms with Gasteiger partial charge >= 0.3 is 0 Å². The van der Waals surface area contributed by atoms with Crippen LogP contribution in [0.5, 0.6) is 5.75 Å². The van der Waals surface area contributed by atoms with E-state index >= 15 is 0 Å². The van der Waals surface area contributed by atoms with Crippen molar-refractivity contribution in [3.8, 4) is 5.75 Å². The molecule has 4 rings (SSSR count). The van der Waals surface area contributed by atoms with Crippen LogP contribution < -0.4 is 15.4 Å². The number of hydrogen-bond acceptors (Lipinski definition) is 7. The van der Waals surface area contributed by atoms with Crippen LogP contribution in [0.1, 0.15) is 15.9 Å². The largest absolute Gasteiger partial charge is 0.497 e. The first kappa shape index (κ1) is 19.8. The zero-order chi connectivity index (χ0) is 20.4. The summed E-state index contributed by atoms with van der Waals surface area (Å²) in [5.41, 5.74) is 2.26. The standard InChI is InChI=1S/C20H21N3O4S2/c1-27-16-7-5-13(6-8-16)10-21-19(24)14-3-2-4-15(9-14)22-20-23-17-11-29(25,26)12-18(17)28-20/h2-9,17-18H,10-12H2,1H3,(H,21,24)(H,22,23)/t17-,18-/m0/s1. The first-order valence-corrected chi connectivity index (χ1v) is 11.8. The lowest BCUT2D eigenvalue weighted by atomic mass is 10.1. The highest BCUT2D eigenvalue weighted by atomic mass is 32.2. The van der Waals surface area contributed by atoms with Crippen LogP contribution >= 0.6 is 11.8 Å². The topological polar surface area (TPSA) is 96.9 Å². The molecule has 152 valence electrons.